The predicted molar refractivity (Wildman–Crippen MR) is 89.9 cm³/mol. The van der Waals surface area contributed by atoms with Crippen LogP contribution in [0, 0.1) is 11.2 Å². The lowest BCUT2D eigenvalue weighted by Crippen LogP contribution is -2.46. The van der Waals surface area contributed by atoms with Crippen LogP contribution in [-0.2, 0) is 9.47 Å². The molecule has 0 atom stereocenters. The van der Waals surface area contributed by atoms with Crippen LogP contribution in [0.3, 0.4) is 0 Å². The van der Waals surface area contributed by atoms with Gasteiger partial charge in [-0.05, 0) is 24.7 Å². The molecule has 2 aliphatic rings. The molecule has 5 nitrogen and oxygen atoms in total. The fourth-order valence-corrected chi connectivity index (χ4v) is 3.05. The molecule has 0 bridgehead atoms. The van der Waals surface area contributed by atoms with E-state index in [1.165, 1.54) is 6.07 Å². The molecule has 0 amide bonds. The summed E-state index contributed by atoms with van der Waals surface area (Å²) in [6.07, 6.45) is 0. The van der Waals surface area contributed by atoms with Gasteiger partial charge in [0.05, 0.1) is 24.5 Å². The van der Waals surface area contributed by atoms with Crippen LogP contribution in [0.4, 0.5) is 10.1 Å². The monoisotopic (exact) mass is 336 g/mol. The molecule has 2 fully saturated rings. The number of carbonyl (C=O) groups is 1. The molecule has 132 valence electrons. The van der Waals surface area contributed by atoms with Crippen LogP contribution in [-0.4, -0.2) is 63.4 Å². The molecule has 3 rings (SSSR count). The number of anilines is 1. The highest BCUT2D eigenvalue weighted by atomic mass is 19.1. The van der Waals surface area contributed by atoms with E-state index < -0.39 is 5.97 Å². The molecule has 0 spiro atoms. The average Bonchev–Trinajstić information content (AvgIpc) is 2.58. The summed E-state index contributed by atoms with van der Waals surface area (Å²) in [7, 11) is 0. The van der Waals surface area contributed by atoms with Crippen molar-refractivity contribution in [2.75, 3.05) is 57.4 Å². The van der Waals surface area contributed by atoms with Gasteiger partial charge in [-0.25, -0.2) is 9.18 Å². The van der Waals surface area contributed by atoms with Gasteiger partial charge < -0.3 is 19.3 Å². The van der Waals surface area contributed by atoms with Crippen molar-refractivity contribution in [1.29, 1.82) is 0 Å². The Morgan fingerprint density at radius 1 is 1.29 bits per heavy atom. The van der Waals surface area contributed by atoms with Gasteiger partial charge in [0.15, 0.2) is 0 Å². The lowest BCUT2D eigenvalue weighted by molar-refractivity contribution is -0.127. The summed E-state index contributed by atoms with van der Waals surface area (Å²) < 4.78 is 24.9. The van der Waals surface area contributed by atoms with Crippen molar-refractivity contribution in [2.45, 2.75) is 13.8 Å². The van der Waals surface area contributed by atoms with E-state index in [2.05, 4.69) is 11.8 Å². The van der Waals surface area contributed by atoms with Crippen LogP contribution < -0.4 is 4.90 Å². The van der Waals surface area contributed by atoms with Gasteiger partial charge in [0.2, 0.25) is 0 Å². The van der Waals surface area contributed by atoms with Crippen LogP contribution in [0.25, 0.3) is 0 Å². The molecular formula is C18H25FN2O3. The van der Waals surface area contributed by atoms with E-state index in [9.17, 15) is 9.18 Å². The number of ether oxygens (including phenoxy) is 2. The summed E-state index contributed by atoms with van der Waals surface area (Å²) in [6.45, 7) is 10.1. The lowest BCUT2D eigenvalue weighted by atomic mass is 9.90. The second-order valence-electron chi connectivity index (χ2n) is 6.97. The second-order valence-corrected chi connectivity index (χ2v) is 6.97. The number of benzene rings is 1. The Morgan fingerprint density at radius 2 is 2.00 bits per heavy atom. The van der Waals surface area contributed by atoms with Gasteiger partial charge in [-0.2, -0.15) is 0 Å². The van der Waals surface area contributed by atoms with Gasteiger partial charge in [0, 0.05) is 31.6 Å². The zero-order valence-corrected chi connectivity index (χ0v) is 14.4. The molecule has 6 heteroatoms. The molecule has 0 aliphatic carbocycles. The van der Waals surface area contributed by atoms with E-state index in [4.69, 9.17) is 9.47 Å². The minimum atomic E-state index is -0.482. The van der Waals surface area contributed by atoms with E-state index in [-0.39, 0.29) is 16.8 Å². The molecule has 2 aliphatic heterocycles. The first-order valence-electron chi connectivity index (χ1n) is 8.52. The molecule has 0 N–H and O–H groups in total. The van der Waals surface area contributed by atoms with Gasteiger partial charge in [0.1, 0.15) is 12.4 Å². The standard InChI is InChI=1S/C18H25FN2O3/c1-3-20-6-8-21(9-7-20)16-5-4-14(10-15(16)19)17(22)24-13-18(2)11-23-12-18/h4-5,10H,3,6-9,11-13H2,1-2H3. The fourth-order valence-electron chi connectivity index (χ4n) is 3.05. The molecule has 1 aromatic rings. The maximum atomic E-state index is 14.4. The molecular weight excluding hydrogens is 311 g/mol. The minimum absolute atomic E-state index is 0.104. The Balaban J connectivity index is 1.60. The number of nitrogens with zero attached hydrogens (tertiary/aromatic N) is 2. The predicted octanol–water partition coefficient (Wildman–Crippen LogP) is 2.16. The zero-order chi connectivity index (χ0) is 17.2. The molecule has 0 unspecified atom stereocenters. The van der Waals surface area contributed by atoms with E-state index in [1.54, 1.807) is 12.1 Å². The van der Waals surface area contributed by atoms with Crippen molar-refractivity contribution in [1.82, 2.24) is 4.90 Å². The van der Waals surface area contributed by atoms with Gasteiger partial charge in [-0.3, -0.25) is 0 Å². The van der Waals surface area contributed by atoms with E-state index >= 15 is 0 Å². The highest BCUT2D eigenvalue weighted by Gasteiger charge is 2.35. The SMILES string of the molecule is CCN1CCN(c2ccc(C(=O)OCC3(C)COC3)cc2F)CC1. The van der Waals surface area contributed by atoms with Gasteiger partial charge in [-0.1, -0.05) is 13.8 Å². The van der Waals surface area contributed by atoms with Crippen LogP contribution in [0.15, 0.2) is 18.2 Å². The van der Waals surface area contributed by atoms with Crippen molar-refractivity contribution in [3.05, 3.63) is 29.6 Å². The van der Waals surface area contributed by atoms with Crippen molar-refractivity contribution in [3.8, 4) is 0 Å². The largest absolute Gasteiger partial charge is 0.461 e. The third-order valence-electron chi connectivity index (χ3n) is 4.80. The summed E-state index contributed by atoms with van der Waals surface area (Å²) in [5, 5.41) is 0. The van der Waals surface area contributed by atoms with Crippen molar-refractivity contribution in [3.63, 3.8) is 0 Å². The Labute approximate surface area is 142 Å². The maximum absolute atomic E-state index is 14.4. The quantitative estimate of drug-likeness (QED) is 0.771. The topological polar surface area (TPSA) is 42.0 Å². The molecule has 2 heterocycles. The van der Waals surface area contributed by atoms with E-state index in [1.807, 2.05) is 11.8 Å². The molecule has 0 radical (unpaired) electrons. The lowest BCUT2D eigenvalue weighted by Gasteiger charge is -2.37. The Kier molecular flexibility index (Phi) is 5.06. The van der Waals surface area contributed by atoms with Crippen molar-refractivity contribution >= 4 is 11.7 Å². The molecule has 0 aromatic heterocycles. The van der Waals surface area contributed by atoms with E-state index in [0.29, 0.717) is 25.5 Å². The normalized spacial score (nSPS) is 20.5. The number of carbonyl (C=O) groups excluding carboxylic acids is 1. The third-order valence-corrected chi connectivity index (χ3v) is 4.80. The average molecular weight is 336 g/mol. The van der Waals surface area contributed by atoms with Gasteiger partial charge in [-0.15, -0.1) is 0 Å². The number of halogens is 1. The van der Waals surface area contributed by atoms with Crippen molar-refractivity contribution < 1.29 is 18.7 Å². The Morgan fingerprint density at radius 3 is 2.54 bits per heavy atom. The zero-order valence-electron chi connectivity index (χ0n) is 14.4. The smallest absolute Gasteiger partial charge is 0.338 e. The number of piperazine rings is 1. The minimum Gasteiger partial charge on any atom is -0.461 e. The first-order valence-corrected chi connectivity index (χ1v) is 8.52. The maximum Gasteiger partial charge on any atom is 0.338 e. The first kappa shape index (κ1) is 17.2. The molecule has 2 saturated heterocycles. The third kappa shape index (κ3) is 3.70. The Bertz CT molecular complexity index is 596. The fraction of sp³-hybridized carbons (Fsp3) is 0.611. The number of hydrogen-bond acceptors (Lipinski definition) is 5. The van der Waals surface area contributed by atoms with Crippen molar-refractivity contribution in [2.24, 2.45) is 5.41 Å². The van der Waals surface area contributed by atoms with Gasteiger partial charge >= 0.3 is 5.97 Å². The number of esters is 1. The Hall–Kier alpha value is -1.66. The summed E-state index contributed by atoms with van der Waals surface area (Å²) >= 11 is 0. The molecule has 1 aromatic carbocycles. The summed E-state index contributed by atoms with van der Waals surface area (Å²) in [5.74, 6) is -0.850. The second kappa shape index (κ2) is 7.07. The summed E-state index contributed by atoms with van der Waals surface area (Å²) in [6, 6.07) is 4.61. The number of likely N-dealkylation sites (N-methyl/N-ethyl adjacent to an activating group) is 1. The number of hydrogen-bond donors (Lipinski definition) is 0. The van der Waals surface area contributed by atoms with Crippen LogP contribution >= 0.6 is 0 Å². The highest BCUT2D eigenvalue weighted by Crippen LogP contribution is 2.27. The highest BCUT2D eigenvalue weighted by molar-refractivity contribution is 5.90. The van der Waals surface area contributed by atoms with Gasteiger partial charge in [0.25, 0.3) is 0 Å². The number of rotatable bonds is 5. The van der Waals surface area contributed by atoms with Crippen LogP contribution in [0.1, 0.15) is 24.2 Å². The van der Waals surface area contributed by atoms with Crippen LogP contribution in [0.2, 0.25) is 0 Å². The summed E-state index contributed by atoms with van der Waals surface area (Å²) in [4.78, 5) is 16.5. The molecule has 0 saturated carbocycles. The molecule has 24 heavy (non-hydrogen) atoms. The first-order chi connectivity index (χ1) is 11.5. The van der Waals surface area contributed by atoms with Crippen LogP contribution in [0.5, 0.6) is 0 Å². The van der Waals surface area contributed by atoms with E-state index in [0.717, 1.165) is 32.7 Å². The summed E-state index contributed by atoms with van der Waals surface area (Å²) in [5.41, 5.74) is 0.710.